The van der Waals surface area contributed by atoms with Gasteiger partial charge in [0.15, 0.2) is 4.77 Å². The maximum Gasteiger partial charge on any atom is 0.251 e. The summed E-state index contributed by atoms with van der Waals surface area (Å²) in [5.74, 6) is 0. The fraction of sp³-hybridized carbons (Fsp3) is 0.273. The number of thiophene rings is 1. The van der Waals surface area contributed by atoms with E-state index in [0.29, 0.717) is 4.77 Å². The molecule has 0 aliphatic carbocycles. The number of aromatic amines is 1. The summed E-state index contributed by atoms with van der Waals surface area (Å²) in [7, 11) is 0. The fourth-order valence-corrected chi connectivity index (χ4v) is 2.62. The molecule has 0 radical (unpaired) electrons. The lowest BCUT2D eigenvalue weighted by molar-refractivity contribution is 0.754. The molecule has 0 unspecified atom stereocenters. The maximum absolute atomic E-state index is 11.0. The van der Waals surface area contributed by atoms with E-state index in [1.165, 1.54) is 15.8 Å². The normalized spacial score (nSPS) is 10.6. The largest absolute Gasteiger partial charge is 0.320 e. The van der Waals surface area contributed by atoms with E-state index in [9.17, 15) is 4.79 Å². The summed E-state index contributed by atoms with van der Waals surface area (Å²) in [5, 5.41) is 0. The van der Waals surface area contributed by atoms with Crippen LogP contribution in [0.2, 0.25) is 0 Å². The Hall–Kier alpha value is -1.20. The standard InChI is InChI=1S/C11H12N2OS2/c1-2-8-3-4-9(16-8)7-13-6-5-10(14)12-11(13)15/h3-6H,2,7H2,1H3,(H,12,14,15). The second-order valence-corrected chi connectivity index (χ2v) is 5.10. The highest BCUT2D eigenvalue weighted by molar-refractivity contribution is 7.71. The van der Waals surface area contributed by atoms with Gasteiger partial charge in [-0.3, -0.25) is 9.78 Å². The third kappa shape index (κ3) is 2.48. The molecular formula is C11H12N2OS2. The highest BCUT2D eigenvalue weighted by Gasteiger charge is 2.00. The smallest absolute Gasteiger partial charge is 0.251 e. The predicted octanol–water partition coefficient (Wildman–Crippen LogP) is 2.58. The zero-order valence-corrected chi connectivity index (χ0v) is 10.5. The average Bonchev–Trinajstić information content (AvgIpc) is 2.70. The van der Waals surface area contributed by atoms with Gasteiger partial charge in [0.25, 0.3) is 5.56 Å². The molecule has 0 fully saturated rings. The molecule has 16 heavy (non-hydrogen) atoms. The SMILES string of the molecule is CCc1ccc(Cn2ccc(=O)[nH]c2=S)s1. The number of hydrogen-bond acceptors (Lipinski definition) is 3. The molecule has 0 saturated carbocycles. The van der Waals surface area contributed by atoms with Crippen LogP contribution in [0.5, 0.6) is 0 Å². The Morgan fingerprint density at radius 3 is 2.75 bits per heavy atom. The Kier molecular flexibility index (Phi) is 3.36. The summed E-state index contributed by atoms with van der Waals surface area (Å²) in [4.78, 5) is 16.2. The number of hydrogen-bond donors (Lipinski definition) is 1. The number of rotatable bonds is 3. The molecule has 0 spiro atoms. The first kappa shape index (κ1) is 11.3. The number of nitrogens with one attached hydrogen (secondary N) is 1. The molecule has 0 amide bonds. The summed E-state index contributed by atoms with van der Waals surface area (Å²) in [6, 6.07) is 5.73. The summed E-state index contributed by atoms with van der Waals surface area (Å²) < 4.78 is 2.33. The minimum absolute atomic E-state index is 0.151. The summed E-state index contributed by atoms with van der Waals surface area (Å²) in [5.41, 5.74) is -0.151. The van der Waals surface area contributed by atoms with E-state index < -0.39 is 0 Å². The summed E-state index contributed by atoms with van der Waals surface area (Å²) >= 11 is 6.87. The van der Waals surface area contributed by atoms with Crippen LogP contribution in [0, 0.1) is 4.77 Å². The van der Waals surface area contributed by atoms with Crippen molar-refractivity contribution in [2.75, 3.05) is 0 Å². The van der Waals surface area contributed by atoms with Crippen LogP contribution >= 0.6 is 23.6 Å². The highest BCUT2D eigenvalue weighted by Crippen LogP contribution is 2.17. The second kappa shape index (κ2) is 4.76. The van der Waals surface area contributed by atoms with Gasteiger partial charge >= 0.3 is 0 Å². The summed E-state index contributed by atoms with van der Waals surface area (Å²) in [6.07, 6.45) is 2.79. The second-order valence-electron chi connectivity index (χ2n) is 3.46. The van der Waals surface area contributed by atoms with Crippen LogP contribution in [0.15, 0.2) is 29.2 Å². The van der Waals surface area contributed by atoms with E-state index in [1.807, 2.05) is 4.57 Å². The van der Waals surface area contributed by atoms with Crippen LogP contribution in [0.4, 0.5) is 0 Å². The van der Waals surface area contributed by atoms with E-state index in [-0.39, 0.29) is 5.56 Å². The van der Waals surface area contributed by atoms with E-state index in [1.54, 1.807) is 17.5 Å². The highest BCUT2D eigenvalue weighted by atomic mass is 32.1. The predicted molar refractivity (Wildman–Crippen MR) is 68.7 cm³/mol. The van der Waals surface area contributed by atoms with Crippen LogP contribution in [-0.2, 0) is 13.0 Å². The molecule has 2 aromatic rings. The Labute approximate surface area is 102 Å². The minimum atomic E-state index is -0.151. The van der Waals surface area contributed by atoms with Crippen LogP contribution in [0.3, 0.4) is 0 Å². The van der Waals surface area contributed by atoms with Crippen LogP contribution in [0.1, 0.15) is 16.7 Å². The molecule has 84 valence electrons. The molecule has 2 aromatic heterocycles. The van der Waals surface area contributed by atoms with Gasteiger partial charge in [-0.15, -0.1) is 11.3 Å². The van der Waals surface area contributed by atoms with Crippen molar-refractivity contribution in [3.63, 3.8) is 0 Å². The molecule has 0 bridgehead atoms. The number of nitrogens with zero attached hydrogens (tertiary/aromatic N) is 1. The topological polar surface area (TPSA) is 37.8 Å². The van der Waals surface area contributed by atoms with E-state index in [0.717, 1.165) is 13.0 Å². The van der Waals surface area contributed by atoms with Gasteiger partial charge in [0.1, 0.15) is 0 Å². The van der Waals surface area contributed by atoms with Crippen LogP contribution < -0.4 is 5.56 Å². The van der Waals surface area contributed by atoms with Crippen molar-refractivity contribution in [3.8, 4) is 0 Å². The first-order valence-electron chi connectivity index (χ1n) is 5.06. The minimum Gasteiger partial charge on any atom is -0.320 e. The van der Waals surface area contributed by atoms with Gasteiger partial charge in [0.05, 0.1) is 6.54 Å². The zero-order chi connectivity index (χ0) is 11.5. The number of aryl methyl sites for hydroxylation is 1. The van der Waals surface area contributed by atoms with Crippen LogP contribution in [0.25, 0.3) is 0 Å². The fourth-order valence-electron chi connectivity index (χ4n) is 1.43. The molecule has 5 heteroatoms. The Balaban J connectivity index is 2.27. The molecule has 1 N–H and O–H groups in total. The Morgan fingerprint density at radius 2 is 2.12 bits per heavy atom. The van der Waals surface area contributed by atoms with Crippen molar-refractivity contribution in [1.29, 1.82) is 0 Å². The van der Waals surface area contributed by atoms with E-state index in [4.69, 9.17) is 12.2 Å². The summed E-state index contributed by atoms with van der Waals surface area (Å²) in [6.45, 7) is 2.86. The molecule has 0 aromatic carbocycles. The van der Waals surface area contributed by atoms with Gasteiger partial charge < -0.3 is 4.57 Å². The van der Waals surface area contributed by atoms with Gasteiger partial charge in [-0.25, -0.2) is 0 Å². The molecule has 0 aliphatic heterocycles. The van der Waals surface area contributed by atoms with Crippen molar-refractivity contribution in [2.24, 2.45) is 0 Å². The van der Waals surface area contributed by atoms with Gasteiger partial charge in [-0.2, -0.15) is 0 Å². The average molecular weight is 252 g/mol. The lowest BCUT2D eigenvalue weighted by Gasteiger charge is -2.03. The first-order valence-corrected chi connectivity index (χ1v) is 6.29. The maximum atomic E-state index is 11.0. The van der Waals surface area contributed by atoms with E-state index in [2.05, 4.69) is 24.0 Å². The van der Waals surface area contributed by atoms with Crippen molar-refractivity contribution >= 4 is 23.6 Å². The van der Waals surface area contributed by atoms with Crippen molar-refractivity contribution in [1.82, 2.24) is 9.55 Å². The van der Waals surface area contributed by atoms with Crippen molar-refractivity contribution in [2.45, 2.75) is 19.9 Å². The van der Waals surface area contributed by atoms with Gasteiger partial charge in [-0.05, 0) is 30.8 Å². The lowest BCUT2D eigenvalue weighted by Crippen LogP contribution is -2.11. The number of H-pyrrole nitrogens is 1. The molecule has 0 atom stereocenters. The lowest BCUT2D eigenvalue weighted by atomic mass is 10.3. The molecule has 2 rings (SSSR count). The van der Waals surface area contributed by atoms with Gasteiger partial charge in [-0.1, -0.05) is 6.92 Å². The molecule has 2 heterocycles. The monoisotopic (exact) mass is 252 g/mol. The van der Waals surface area contributed by atoms with Gasteiger partial charge in [0.2, 0.25) is 0 Å². The zero-order valence-electron chi connectivity index (χ0n) is 8.90. The Morgan fingerprint density at radius 1 is 1.38 bits per heavy atom. The van der Waals surface area contributed by atoms with Gasteiger partial charge in [0, 0.05) is 22.0 Å². The first-order chi connectivity index (χ1) is 7.69. The molecule has 0 saturated heterocycles. The van der Waals surface area contributed by atoms with Crippen molar-refractivity contribution < 1.29 is 0 Å². The Bertz CT molecular complexity index is 594. The third-order valence-corrected chi connectivity index (χ3v) is 3.84. The number of aromatic nitrogens is 2. The molecular weight excluding hydrogens is 240 g/mol. The molecule has 0 aliphatic rings. The van der Waals surface area contributed by atoms with Crippen molar-refractivity contribution in [3.05, 3.63) is 49.3 Å². The quantitative estimate of drug-likeness (QED) is 0.853. The molecule has 3 nitrogen and oxygen atoms in total. The van der Waals surface area contributed by atoms with Crippen LogP contribution in [-0.4, -0.2) is 9.55 Å². The van der Waals surface area contributed by atoms with E-state index >= 15 is 0 Å². The third-order valence-electron chi connectivity index (χ3n) is 2.29.